The molecule has 1 saturated heterocycles. The summed E-state index contributed by atoms with van der Waals surface area (Å²) < 4.78 is 5.36. The molecule has 1 aromatic rings. The average Bonchev–Trinajstić information content (AvgIpc) is 2.53. The Morgan fingerprint density at radius 3 is 2.48 bits per heavy atom. The molecule has 3 nitrogen and oxygen atoms in total. The van der Waals surface area contributed by atoms with Crippen molar-refractivity contribution in [3.05, 3.63) is 35.4 Å². The van der Waals surface area contributed by atoms with Crippen molar-refractivity contribution in [1.29, 1.82) is 0 Å². The molecule has 0 spiro atoms. The van der Waals surface area contributed by atoms with Crippen LogP contribution in [-0.4, -0.2) is 32.3 Å². The van der Waals surface area contributed by atoms with Crippen LogP contribution >= 0.6 is 0 Å². The lowest BCUT2D eigenvalue weighted by Gasteiger charge is -2.23. The van der Waals surface area contributed by atoms with Crippen molar-refractivity contribution in [1.82, 2.24) is 10.6 Å². The quantitative estimate of drug-likeness (QED) is 0.686. The zero-order valence-electron chi connectivity index (χ0n) is 13.4. The Balaban J connectivity index is 1.51. The fourth-order valence-corrected chi connectivity index (χ4v) is 2.77. The molecule has 2 N–H and O–H groups in total. The topological polar surface area (TPSA) is 33.3 Å². The van der Waals surface area contributed by atoms with Crippen molar-refractivity contribution < 1.29 is 4.74 Å². The second kappa shape index (κ2) is 9.93. The normalized spacial score (nSPS) is 16.2. The molecule has 0 saturated carbocycles. The van der Waals surface area contributed by atoms with Crippen LogP contribution in [0, 0.1) is 0 Å². The van der Waals surface area contributed by atoms with Gasteiger partial charge in [0.15, 0.2) is 0 Å². The van der Waals surface area contributed by atoms with E-state index in [1.54, 1.807) is 0 Å². The SMILES string of the molecule is CCCc1ccc(CNCCCNC2CCOCC2)cc1. The van der Waals surface area contributed by atoms with Crippen molar-refractivity contribution in [2.75, 3.05) is 26.3 Å². The molecule has 21 heavy (non-hydrogen) atoms. The van der Waals surface area contributed by atoms with Gasteiger partial charge in [-0.2, -0.15) is 0 Å². The van der Waals surface area contributed by atoms with Gasteiger partial charge < -0.3 is 15.4 Å². The lowest BCUT2D eigenvalue weighted by molar-refractivity contribution is 0.0780. The molecule has 0 aromatic heterocycles. The van der Waals surface area contributed by atoms with E-state index in [9.17, 15) is 0 Å². The van der Waals surface area contributed by atoms with E-state index < -0.39 is 0 Å². The number of benzene rings is 1. The highest BCUT2D eigenvalue weighted by atomic mass is 16.5. The summed E-state index contributed by atoms with van der Waals surface area (Å²) in [6.07, 6.45) is 5.92. The highest BCUT2D eigenvalue weighted by Crippen LogP contribution is 2.07. The van der Waals surface area contributed by atoms with Crippen molar-refractivity contribution >= 4 is 0 Å². The second-order valence-corrected chi connectivity index (χ2v) is 5.94. The summed E-state index contributed by atoms with van der Waals surface area (Å²) >= 11 is 0. The molecule has 0 bridgehead atoms. The maximum atomic E-state index is 5.36. The van der Waals surface area contributed by atoms with E-state index in [-0.39, 0.29) is 0 Å². The molecule has 2 rings (SSSR count). The fraction of sp³-hybridized carbons (Fsp3) is 0.667. The molecule has 1 fully saturated rings. The minimum absolute atomic E-state index is 0.671. The first kappa shape index (κ1) is 16.5. The molecule has 0 aliphatic carbocycles. The van der Waals surface area contributed by atoms with Gasteiger partial charge in [-0.15, -0.1) is 0 Å². The molecule has 1 aromatic carbocycles. The first-order chi connectivity index (χ1) is 10.4. The predicted molar refractivity (Wildman–Crippen MR) is 88.6 cm³/mol. The molecule has 0 atom stereocenters. The Kier molecular flexibility index (Phi) is 7.79. The van der Waals surface area contributed by atoms with Gasteiger partial charge in [0, 0.05) is 25.8 Å². The van der Waals surface area contributed by atoms with Crippen LogP contribution in [-0.2, 0) is 17.7 Å². The van der Waals surface area contributed by atoms with Gasteiger partial charge in [0.25, 0.3) is 0 Å². The van der Waals surface area contributed by atoms with Gasteiger partial charge in [-0.3, -0.25) is 0 Å². The number of aryl methyl sites for hydroxylation is 1. The van der Waals surface area contributed by atoms with Gasteiger partial charge in [0.2, 0.25) is 0 Å². The van der Waals surface area contributed by atoms with E-state index in [4.69, 9.17) is 4.74 Å². The number of rotatable bonds is 9. The van der Waals surface area contributed by atoms with Crippen LogP contribution in [0.15, 0.2) is 24.3 Å². The van der Waals surface area contributed by atoms with E-state index in [2.05, 4.69) is 41.8 Å². The van der Waals surface area contributed by atoms with Gasteiger partial charge in [-0.05, 0) is 49.9 Å². The Bertz CT molecular complexity index is 371. The number of hydrogen-bond donors (Lipinski definition) is 2. The minimum Gasteiger partial charge on any atom is -0.381 e. The summed E-state index contributed by atoms with van der Waals surface area (Å²) in [5, 5.41) is 7.15. The standard InChI is InChI=1S/C18H30N2O/c1-2-4-16-5-7-17(8-6-16)15-19-11-3-12-20-18-9-13-21-14-10-18/h5-8,18-20H,2-4,9-15H2,1H3. The van der Waals surface area contributed by atoms with Crippen LogP contribution in [0.3, 0.4) is 0 Å². The third kappa shape index (κ3) is 6.60. The number of nitrogens with one attached hydrogen (secondary N) is 2. The summed E-state index contributed by atoms with van der Waals surface area (Å²) in [6, 6.07) is 9.68. The first-order valence-corrected chi connectivity index (χ1v) is 8.48. The van der Waals surface area contributed by atoms with Gasteiger partial charge in [0.1, 0.15) is 0 Å². The predicted octanol–water partition coefficient (Wildman–Crippen LogP) is 2.89. The lowest BCUT2D eigenvalue weighted by atomic mass is 10.1. The smallest absolute Gasteiger partial charge is 0.0480 e. The average molecular weight is 290 g/mol. The molecule has 3 heteroatoms. The van der Waals surface area contributed by atoms with Crippen molar-refractivity contribution in [3.63, 3.8) is 0 Å². The summed E-state index contributed by atoms with van der Waals surface area (Å²) in [4.78, 5) is 0. The van der Waals surface area contributed by atoms with Gasteiger partial charge in [-0.1, -0.05) is 37.6 Å². The lowest BCUT2D eigenvalue weighted by Crippen LogP contribution is -2.36. The van der Waals surface area contributed by atoms with Crippen LogP contribution in [0.25, 0.3) is 0 Å². The van der Waals surface area contributed by atoms with E-state index in [1.807, 2.05) is 0 Å². The summed E-state index contributed by atoms with van der Waals surface area (Å²) in [5.74, 6) is 0. The van der Waals surface area contributed by atoms with Crippen molar-refractivity contribution in [3.8, 4) is 0 Å². The highest BCUT2D eigenvalue weighted by molar-refractivity contribution is 5.22. The van der Waals surface area contributed by atoms with Gasteiger partial charge in [0.05, 0.1) is 0 Å². The maximum absolute atomic E-state index is 5.36. The second-order valence-electron chi connectivity index (χ2n) is 5.94. The van der Waals surface area contributed by atoms with Crippen LogP contribution < -0.4 is 10.6 Å². The largest absolute Gasteiger partial charge is 0.381 e. The first-order valence-electron chi connectivity index (χ1n) is 8.48. The molecule has 1 aliphatic heterocycles. The van der Waals surface area contributed by atoms with Gasteiger partial charge >= 0.3 is 0 Å². The molecule has 0 amide bonds. The zero-order chi connectivity index (χ0) is 14.8. The fourth-order valence-electron chi connectivity index (χ4n) is 2.77. The third-order valence-corrected chi connectivity index (χ3v) is 4.08. The van der Waals surface area contributed by atoms with E-state index in [1.165, 1.54) is 30.4 Å². The Morgan fingerprint density at radius 1 is 1.05 bits per heavy atom. The Labute approximate surface area is 129 Å². The van der Waals surface area contributed by atoms with Gasteiger partial charge in [-0.25, -0.2) is 0 Å². The van der Waals surface area contributed by atoms with Crippen molar-refractivity contribution in [2.24, 2.45) is 0 Å². The number of hydrogen-bond acceptors (Lipinski definition) is 3. The third-order valence-electron chi connectivity index (χ3n) is 4.08. The maximum Gasteiger partial charge on any atom is 0.0480 e. The summed E-state index contributed by atoms with van der Waals surface area (Å²) in [6.45, 7) is 7.22. The zero-order valence-corrected chi connectivity index (χ0v) is 13.4. The summed E-state index contributed by atoms with van der Waals surface area (Å²) in [5.41, 5.74) is 2.83. The molecule has 118 valence electrons. The summed E-state index contributed by atoms with van der Waals surface area (Å²) in [7, 11) is 0. The van der Waals surface area contributed by atoms with Crippen LogP contribution in [0.2, 0.25) is 0 Å². The van der Waals surface area contributed by atoms with Crippen LogP contribution in [0.4, 0.5) is 0 Å². The molecular formula is C18H30N2O. The van der Waals surface area contributed by atoms with Crippen LogP contribution in [0.5, 0.6) is 0 Å². The monoisotopic (exact) mass is 290 g/mol. The van der Waals surface area contributed by atoms with E-state index in [0.717, 1.165) is 45.7 Å². The number of ether oxygens (including phenoxy) is 1. The molecule has 1 aliphatic rings. The van der Waals surface area contributed by atoms with Crippen molar-refractivity contribution in [2.45, 2.75) is 51.6 Å². The highest BCUT2D eigenvalue weighted by Gasteiger charge is 2.11. The van der Waals surface area contributed by atoms with E-state index >= 15 is 0 Å². The molecule has 1 heterocycles. The molecule has 0 unspecified atom stereocenters. The molecule has 0 radical (unpaired) electrons. The Hall–Kier alpha value is -0.900. The molecular weight excluding hydrogens is 260 g/mol. The van der Waals surface area contributed by atoms with E-state index in [0.29, 0.717) is 6.04 Å². The minimum atomic E-state index is 0.671. The van der Waals surface area contributed by atoms with Crippen LogP contribution in [0.1, 0.15) is 43.7 Å². The Morgan fingerprint density at radius 2 is 1.76 bits per heavy atom.